The van der Waals surface area contributed by atoms with Gasteiger partial charge in [0.25, 0.3) is 0 Å². The Morgan fingerprint density at radius 2 is 1.46 bits per heavy atom. The van der Waals surface area contributed by atoms with Gasteiger partial charge in [-0.2, -0.15) is 39.5 Å². The minimum absolute atomic E-state index is 0.0628. The molecule has 192 valence electrons. The Morgan fingerprint density at radius 3 is 1.94 bits per heavy atom. The average molecular weight is 513 g/mol. The highest BCUT2D eigenvalue weighted by molar-refractivity contribution is 5.70. The van der Waals surface area contributed by atoms with Gasteiger partial charge in [0.2, 0.25) is 0 Å². The third-order valence-electron chi connectivity index (χ3n) is 6.27. The highest BCUT2D eigenvalue weighted by Crippen LogP contribution is 2.43. The SMILES string of the molecule is CC(C(=O)O)[C@@H]1C[C@H](c2ccc(C(F)(F)F)cc2)N(Cc2cc(C(F)(F)F)ccc2C(F)(F)F)C1. The standard InChI is InChI=1S/C23H20F9NO2/c1-12(20(34)35)14-9-19(13-2-4-16(5-3-13)21(24,25)26)33(10-14)11-15-8-17(22(27,28)29)6-7-18(15)23(30,31)32/h2-8,12,14,19H,9-11H2,1H3,(H,34,35)/t12?,14-,19-/m1/s1. The minimum Gasteiger partial charge on any atom is -0.481 e. The molecular formula is C23H20F9NO2. The summed E-state index contributed by atoms with van der Waals surface area (Å²) in [6.45, 7) is 0.728. The van der Waals surface area contributed by atoms with Crippen molar-refractivity contribution in [3.8, 4) is 0 Å². The molecule has 0 amide bonds. The molecule has 0 spiro atoms. The second-order valence-corrected chi connectivity index (χ2v) is 8.56. The summed E-state index contributed by atoms with van der Waals surface area (Å²) in [5.41, 5.74) is -3.86. The Hall–Kier alpha value is -2.76. The van der Waals surface area contributed by atoms with Crippen molar-refractivity contribution in [2.75, 3.05) is 6.54 Å². The lowest BCUT2D eigenvalue weighted by atomic mass is 9.90. The number of carboxylic acids is 1. The summed E-state index contributed by atoms with van der Waals surface area (Å²) in [7, 11) is 0. The maximum absolute atomic E-state index is 13.6. The van der Waals surface area contributed by atoms with E-state index in [1.54, 1.807) is 0 Å². The molecule has 1 unspecified atom stereocenters. The number of carboxylic acid groups (broad SMARTS) is 1. The van der Waals surface area contributed by atoms with E-state index in [4.69, 9.17) is 0 Å². The van der Waals surface area contributed by atoms with E-state index in [0.29, 0.717) is 23.8 Å². The fraction of sp³-hybridized carbons (Fsp3) is 0.435. The lowest BCUT2D eigenvalue weighted by molar-refractivity contribution is -0.143. The van der Waals surface area contributed by atoms with E-state index in [2.05, 4.69) is 0 Å². The third-order valence-corrected chi connectivity index (χ3v) is 6.27. The number of benzene rings is 2. The number of halogens is 9. The Kier molecular flexibility index (Phi) is 7.18. The van der Waals surface area contributed by atoms with Crippen molar-refractivity contribution >= 4 is 5.97 Å². The maximum Gasteiger partial charge on any atom is 0.416 e. The van der Waals surface area contributed by atoms with Gasteiger partial charge in [0, 0.05) is 19.1 Å². The fourth-order valence-corrected chi connectivity index (χ4v) is 4.31. The number of rotatable bonds is 5. The van der Waals surface area contributed by atoms with E-state index in [9.17, 15) is 49.4 Å². The topological polar surface area (TPSA) is 40.5 Å². The van der Waals surface area contributed by atoms with Crippen molar-refractivity contribution in [3.63, 3.8) is 0 Å². The van der Waals surface area contributed by atoms with Gasteiger partial charge in [-0.3, -0.25) is 9.69 Å². The van der Waals surface area contributed by atoms with Crippen LogP contribution in [0.25, 0.3) is 0 Å². The third kappa shape index (κ3) is 6.09. The lowest BCUT2D eigenvalue weighted by Gasteiger charge is -2.27. The van der Waals surface area contributed by atoms with Crippen molar-refractivity contribution in [2.24, 2.45) is 11.8 Å². The van der Waals surface area contributed by atoms with Gasteiger partial charge < -0.3 is 5.11 Å². The first kappa shape index (κ1) is 26.8. The molecule has 35 heavy (non-hydrogen) atoms. The number of alkyl halides is 9. The van der Waals surface area contributed by atoms with Crippen LogP contribution in [-0.2, 0) is 29.9 Å². The second kappa shape index (κ2) is 9.36. The Morgan fingerprint density at radius 1 is 0.914 bits per heavy atom. The first-order chi connectivity index (χ1) is 16.0. The summed E-state index contributed by atoms with van der Waals surface area (Å²) in [6, 6.07) is 4.17. The zero-order valence-electron chi connectivity index (χ0n) is 18.1. The minimum atomic E-state index is -4.95. The number of hydrogen-bond acceptors (Lipinski definition) is 2. The molecule has 0 bridgehead atoms. The zero-order chi connectivity index (χ0) is 26.3. The van der Waals surface area contributed by atoms with Crippen molar-refractivity contribution in [1.29, 1.82) is 0 Å². The van der Waals surface area contributed by atoms with Gasteiger partial charge in [0.05, 0.1) is 22.6 Å². The molecule has 1 aliphatic heterocycles. The van der Waals surface area contributed by atoms with Crippen LogP contribution >= 0.6 is 0 Å². The Balaban J connectivity index is 2.02. The number of aliphatic carboxylic acids is 1. The molecule has 0 aliphatic carbocycles. The smallest absolute Gasteiger partial charge is 0.416 e. The molecule has 0 saturated carbocycles. The monoisotopic (exact) mass is 513 g/mol. The predicted molar refractivity (Wildman–Crippen MR) is 106 cm³/mol. The number of hydrogen-bond donors (Lipinski definition) is 1. The van der Waals surface area contributed by atoms with Crippen LogP contribution in [0.3, 0.4) is 0 Å². The lowest BCUT2D eigenvalue weighted by Crippen LogP contribution is -2.28. The molecule has 1 saturated heterocycles. The van der Waals surface area contributed by atoms with Crippen molar-refractivity contribution < 1.29 is 49.4 Å². The molecule has 0 radical (unpaired) electrons. The van der Waals surface area contributed by atoms with Gasteiger partial charge in [-0.1, -0.05) is 19.1 Å². The number of likely N-dealkylation sites (tertiary alicyclic amines) is 1. The van der Waals surface area contributed by atoms with Crippen LogP contribution in [0, 0.1) is 11.8 Å². The van der Waals surface area contributed by atoms with Crippen LogP contribution in [0.1, 0.15) is 47.2 Å². The van der Waals surface area contributed by atoms with Gasteiger partial charge >= 0.3 is 24.5 Å². The molecule has 2 aromatic carbocycles. The van der Waals surface area contributed by atoms with Gasteiger partial charge in [0.1, 0.15) is 0 Å². The van der Waals surface area contributed by atoms with Crippen LogP contribution in [0.2, 0.25) is 0 Å². The molecule has 0 aromatic heterocycles. The molecule has 2 aromatic rings. The molecular weight excluding hydrogens is 493 g/mol. The van der Waals surface area contributed by atoms with Crippen LogP contribution in [0.15, 0.2) is 42.5 Å². The Bertz CT molecular complexity index is 1060. The molecule has 3 rings (SSSR count). The molecule has 1 aliphatic rings. The first-order valence-corrected chi connectivity index (χ1v) is 10.4. The predicted octanol–water partition coefficient (Wildman–Crippen LogP) is 7.03. The molecule has 1 N–H and O–H groups in total. The van der Waals surface area contributed by atoms with Gasteiger partial charge in [-0.15, -0.1) is 0 Å². The van der Waals surface area contributed by atoms with Crippen molar-refractivity contribution in [2.45, 2.75) is 44.5 Å². The van der Waals surface area contributed by atoms with Crippen LogP contribution < -0.4 is 0 Å². The average Bonchev–Trinajstić information content (AvgIpc) is 3.14. The highest BCUT2D eigenvalue weighted by Gasteiger charge is 2.41. The van der Waals surface area contributed by atoms with Gasteiger partial charge in [0.15, 0.2) is 0 Å². The summed E-state index contributed by atoms with van der Waals surface area (Å²) >= 11 is 0. The number of nitrogens with zero attached hydrogens (tertiary/aromatic N) is 1. The largest absolute Gasteiger partial charge is 0.481 e. The maximum atomic E-state index is 13.6. The van der Waals surface area contributed by atoms with Crippen molar-refractivity contribution in [3.05, 3.63) is 70.3 Å². The van der Waals surface area contributed by atoms with E-state index in [-0.39, 0.29) is 13.0 Å². The second-order valence-electron chi connectivity index (χ2n) is 8.56. The molecule has 3 atom stereocenters. The zero-order valence-corrected chi connectivity index (χ0v) is 18.1. The van der Waals surface area contributed by atoms with Crippen LogP contribution in [-0.4, -0.2) is 22.5 Å². The van der Waals surface area contributed by atoms with Gasteiger partial charge in [-0.25, -0.2) is 0 Å². The highest BCUT2D eigenvalue weighted by atomic mass is 19.4. The molecule has 1 fully saturated rings. The van der Waals surface area contributed by atoms with E-state index in [0.717, 1.165) is 24.3 Å². The summed E-state index contributed by atoms with van der Waals surface area (Å²) in [5, 5.41) is 9.36. The van der Waals surface area contributed by atoms with E-state index in [1.807, 2.05) is 0 Å². The van der Waals surface area contributed by atoms with Gasteiger partial charge in [-0.05, 0) is 53.8 Å². The van der Waals surface area contributed by atoms with Crippen LogP contribution in [0.4, 0.5) is 39.5 Å². The van der Waals surface area contributed by atoms with Crippen molar-refractivity contribution in [1.82, 2.24) is 4.90 Å². The van der Waals surface area contributed by atoms with E-state index >= 15 is 0 Å². The van der Waals surface area contributed by atoms with E-state index < -0.39 is 71.2 Å². The summed E-state index contributed by atoms with van der Waals surface area (Å²) < 4.78 is 119. The molecule has 12 heteroatoms. The normalized spacial score (nSPS) is 20.7. The quantitative estimate of drug-likeness (QED) is 0.437. The molecule has 1 heterocycles. The van der Waals surface area contributed by atoms with E-state index in [1.165, 1.54) is 11.8 Å². The number of carbonyl (C=O) groups is 1. The van der Waals surface area contributed by atoms with Crippen LogP contribution in [0.5, 0.6) is 0 Å². The first-order valence-electron chi connectivity index (χ1n) is 10.4. The Labute approximate surface area is 194 Å². The fourth-order valence-electron chi connectivity index (χ4n) is 4.31. The summed E-state index contributed by atoms with van der Waals surface area (Å²) in [6.07, 6.45) is -14.4. The summed E-state index contributed by atoms with van der Waals surface area (Å²) in [5.74, 6) is -2.68. The molecule has 3 nitrogen and oxygen atoms in total. The summed E-state index contributed by atoms with van der Waals surface area (Å²) in [4.78, 5) is 12.9.